The first kappa shape index (κ1) is 12.7. The van der Waals surface area contributed by atoms with Gasteiger partial charge in [0.25, 0.3) is 0 Å². The average Bonchev–Trinajstić information content (AvgIpc) is 1.94. The van der Waals surface area contributed by atoms with Crippen LogP contribution in [0.15, 0.2) is 12.2 Å². The molecule has 0 N–H and O–H groups in total. The normalized spacial score (nSPS) is 12.0. The fourth-order valence-corrected chi connectivity index (χ4v) is 1.03. The second-order valence-electron chi connectivity index (χ2n) is 3.77. The first-order valence-corrected chi connectivity index (χ1v) is 5.53. The largest absolute Gasteiger partial charge is 0.457 e. The molecular formula is C10H17BrO2. The van der Waals surface area contributed by atoms with Crippen LogP contribution in [0.5, 0.6) is 0 Å². The number of esters is 1. The van der Waals surface area contributed by atoms with Crippen molar-refractivity contribution in [2.45, 2.75) is 39.2 Å². The van der Waals surface area contributed by atoms with Crippen molar-refractivity contribution in [3.05, 3.63) is 12.2 Å². The Bertz CT molecular complexity index is 180. The van der Waals surface area contributed by atoms with Gasteiger partial charge < -0.3 is 4.74 Å². The molecule has 0 rings (SSSR count). The topological polar surface area (TPSA) is 26.3 Å². The summed E-state index contributed by atoms with van der Waals surface area (Å²) in [5, 5.41) is 0.964. The molecular weight excluding hydrogens is 232 g/mol. The number of allylic oxidation sites excluding steroid dienone is 1. The maximum absolute atomic E-state index is 11.1. The van der Waals surface area contributed by atoms with Crippen LogP contribution in [0.25, 0.3) is 0 Å². The van der Waals surface area contributed by atoms with Crippen molar-refractivity contribution in [1.82, 2.24) is 0 Å². The van der Waals surface area contributed by atoms with Crippen LogP contribution < -0.4 is 0 Å². The van der Waals surface area contributed by atoms with Gasteiger partial charge in [0, 0.05) is 11.4 Å². The second-order valence-corrected chi connectivity index (χ2v) is 4.56. The zero-order valence-corrected chi connectivity index (χ0v) is 10.1. The minimum absolute atomic E-state index is 0.262. The lowest BCUT2D eigenvalue weighted by Gasteiger charge is -2.17. The van der Waals surface area contributed by atoms with Crippen molar-refractivity contribution in [1.29, 1.82) is 0 Å². The van der Waals surface area contributed by atoms with E-state index in [0.717, 1.165) is 18.2 Å². The van der Waals surface area contributed by atoms with Crippen LogP contribution in [0.4, 0.5) is 0 Å². The quantitative estimate of drug-likeness (QED) is 0.331. The smallest absolute Gasteiger partial charge is 0.330 e. The number of carbonyl (C=O) groups is 1. The van der Waals surface area contributed by atoms with Crippen LogP contribution in [-0.4, -0.2) is 16.9 Å². The van der Waals surface area contributed by atoms with Gasteiger partial charge in [-0.05, 0) is 33.6 Å². The van der Waals surface area contributed by atoms with E-state index in [2.05, 4.69) is 15.9 Å². The molecule has 0 unspecified atom stereocenters. The van der Waals surface area contributed by atoms with Crippen LogP contribution >= 0.6 is 15.9 Å². The van der Waals surface area contributed by atoms with Gasteiger partial charge in [0.15, 0.2) is 0 Å². The van der Waals surface area contributed by atoms with Gasteiger partial charge in [-0.2, -0.15) is 0 Å². The molecule has 0 atom stereocenters. The van der Waals surface area contributed by atoms with Crippen LogP contribution in [0.2, 0.25) is 0 Å². The number of carbonyl (C=O) groups excluding carboxylic acids is 1. The molecule has 0 aliphatic heterocycles. The maximum atomic E-state index is 11.1. The van der Waals surface area contributed by atoms with Crippen molar-refractivity contribution >= 4 is 21.9 Å². The highest BCUT2D eigenvalue weighted by atomic mass is 79.9. The van der Waals surface area contributed by atoms with Gasteiger partial charge in [-0.1, -0.05) is 22.0 Å². The van der Waals surface area contributed by atoms with E-state index in [4.69, 9.17) is 4.74 Å². The molecule has 0 bridgehead atoms. The number of hydrogen-bond donors (Lipinski definition) is 0. The monoisotopic (exact) mass is 248 g/mol. The Balaban J connectivity index is 3.68. The molecule has 0 heterocycles. The lowest BCUT2D eigenvalue weighted by atomic mass is 10.2. The molecule has 0 amide bonds. The SMILES string of the molecule is CC(C)(C)OC(=O)C=CCCCBr. The molecule has 76 valence electrons. The van der Waals surface area contributed by atoms with Gasteiger partial charge >= 0.3 is 5.97 Å². The molecule has 0 spiro atoms. The minimum atomic E-state index is -0.392. The van der Waals surface area contributed by atoms with E-state index < -0.39 is 5.60 Å². The third kappa shape index (κ3) is 9.61. The van der Waals surface area contributed by atoms with Crippen molar-refractivity contribution < 1.29 is 9.53 Å². The molecule has 3 heteroatoms. The lowest BCUT2D eigenvalue weighted by Crippen LogP contribution is -2.22. The van der Waals surface area contributed by atoms with Crippen molar-refractivity contribution in [3.63, 3.8) is 0 Å². The van der Waals surface area contributed by atoms with Gasteiger partial charge in [0.2, 0.25) is 0 Å². The zero-order valence-electron chi connectivity index (χ0n) is 8.47. The summed E-state index contributed by atoms with van der Waals surface area (Å²) in [6, 6.07) is 0. The third-order valence-electron chi connectivity index (χ3n) is 1.17. The first-order valence-electron chi connectivity index (χ1n) is 4.41. The molecule has 0 aliphatic carbocycles. The fourth-order valence-electron chi connectivity index (χ4n) is 0.710. The summed E-state index contributed by atoms with van der Waals surface area (Å²) in [6.45, 7) is 5.58. The highest BCUT2D eigenvalue weighted by Gasteiger charge is 2.13. The van der Waals surface area contributed by atoms with Crippen molar-refractivity contribution in [3.8, 4) is 0 Å². The number of halogens is 1. The third-order valence-corrected chi connectivity index (χ3v) is 1.73. The highest BCUT2D eigenvalue weighted by molar-refractivity contribution is 9.09. The minimum Gasteiger partial charge on any atom is -0.457 e. The fraction of sp³-hybridized carbons (Fsp3) is 0.700. The Kier molecular flexibility index (Phi) is 6.04. The van der Waals surface area contributed by atoms with Gasteiger partial charge in [-0.25, -0.2) is 4.79 Å². The van der Waals surface area contributed by atoms with E-state index in [1.807, 2.05) is 26.8 Å². The molecule has 0 aromatic rings. The van der Waals surface area contributed by atoms with E-state index in [0.29, 0.717) is 0 Å². The van der Waals surface area contributed by atoms with Crippen LogP contribution in [0.1, 0.15) is 33.6 Å². The predicted octanol–water partition coefficient (Wildman–Crippen LogP) is 3.06. The van der Waals surface area contributed by atoms with E-state index in [1.54, 1.807) is 0 Å². The first-order chi connectivity index (χ1) is 5.95. The predicted molar refractivity (Wildman–Crippen MR) is 58.0 cm³/mol. The Morgan fingerprint density at radius 1 is 1.46 bits per heavy atom. The molecule has 0 radical (unpaired) electrons. The van der Waals surface area contributed by atoms with E-state index >= 15 is 0 Å². The van der Waals surface area contributed by atoms with Gasteiger partial charge in [-0.15, -0.1) is 0 Å². The Morgan fingerprint density at radius 3 is 2.54 bits per heavy atom. The molecule has 0 aromatic carbocycles. The van der Waals surface area contributed by atoms with E-state index in [9.17, 15) is 4.79 Å². The number of alkyl halides is 1. The van der Waals surface area contributed by atoms with E-state index in [1.165, 1.54) is 6.08 Å². The number of unbranched alkanes of at least 4 members (excludes halogenated alkanes) is 1. The van der Waals surface area contributed by atoms with Gasteiger partial charge in [0.1, 0.15) is 5.60 Å². The summed E-state index contributed by atoms with van der Waals surface area (Å²) < 4.78 is 5.08. The molecule has 0 aromatic heterocycles. The molecule has 0 aliphatic rings. The number of ether oxygens (including phenoxy) is 1. The molecule has 13 heavy (non-hydrogen) atoms. The summed E-state index contributed by atoms with van der Waals surface area (Å²) in [5.41, 5.74) is -0.392. The van der Waals surface area contributed by atoms with Crippen LogP contribution in [-0.2, 0) is 9.53 Å². The molecule has 0 saturated carbocycles. The summed E-state index contributed by atoms with van der Waals surface area (Å²) in [6.07, 6.45) is 5.28. The van der Waals surface area contributed by atoms with Gasteiger partial charge in [0.05, 0.1) is 0 Å². The van der Waals surface area contributed by atoms with Crippen molar-refractivity contribution in [2.24, 2.45) is 0 Å². The summed E-state index contributed by atoms with van der Waals surface area (Å²) >= 11 is 3.32. The molecule has 2 nitrogen and oxygen atoms in total. The summed E-state index contributed by atoms with van der Waals surface area (Å²) in [5.74, 6) is -0.262. The molecule has 0 saturated heterocycles. The second kappa shape index (κ2) is 6.19. The number of hydrogen-bond acceptors (Lipinski definition) is 2. The van der Waals surface area contributed by atoms with Gasteiger partial charge in [-0.3, -0.25) is 0 Å². The summed E-state index contributed by atoms with van der Waals surface area (Å²) in [7, 11) is 0. The highest BCUT2D eigenvalue weighted by Crippen LogP contribution is 2.07. The zero-order chi connectivity index (χ0) is 10.3. The standard InChI is InChI=1S/C10H17BrO2/c1-10(2,3)13-9(12)7-5-4-6-8-11/h5,7H,4,6,8H2,1-3H3. The number of rotatable bonds is 4. The Morgan fingerprint density at radius 2 is 2.08 bits per heavy atom. The summed E-state index contributed by atoms with van der Waals surface area (Å²) in [4.78, 5) is 11.1. The Labute approximate surface area is 88.5 Å². The average molecular weight is 249 g/mol. The Hall–Kier alpha value is -0.310. The molecule has 0 fully saturated rings. The maximum Gasteiger partial charge on any atom is 0.330 e. The van der Waals surface area contributed by atoms with Crippen LogP contribution in [0.3, 0.4) is 0 Å². The van der Waals surface area contributed by atoms with E-state index in [-0.39, 0.29) is 5.97 Å². The van der Waals surface area contributed by atoms with Crippen molar-refractivity contribution in [2.75, 3.05) is 5.33 Å². The van der Waals surface area contributed by atoms with Crippen LogP contribution in [0, 0.1) is 0 Å². The lowest BCUT2D eigenvalue weighted by molar-refractivity contribution is -0.148.